The molecule has 0 fully saturated rings. The summed E-state index contributed by atoms with van der Waals surface area (Å²) in [6, 6.07) is 71.6. The predicted octanol–water partition coefficient (Wildman–Crippen LogP) is 14.6. The summed E-state index contributed by atoms with van der Waals surface area (Å²) in [6.07, 6.45) is 0. The van der Waals surface area contributed by atoms with Crippen molar-refractivity contribution in [3.8, 4) is 44.9 Å². The first kappa shape index (κ1) is 32.5. The first-order chi connectivity index (χ1) is 28.7. The summed E-state index contributed by atoms with van der Waals surface area (Å²) in [6.45, 7) is 0. The Hall–Kier alpha value is -7.75. The zero-order valence-electron chi connectivity index (χ0n) is 31.4. The lowest BCUT2D eigenvalue weighted by Gasteiger charge is -2.14. The van der Waals surface area contributed by atoms with Crippen molar-refractivity contribution >= 4 is 75.8 Å². The highest BCUT2D eigenvalue weighted by Gasteiger charge is 2.15. The second-order valence-electron chi connectivity index (χ2n) is 15.2. The summed E-state index contributed by atoms with van der Waals surface area (Å²) in [7, 11) is 0. The van der Waals surface area contributed by atoms with E-state index in [4.69, 9.17) is 15.0 Å². The van der Waals surface area contributed by atoms with Gasteiger partial charge in [0.1, 0.15) is 0 Å². The van der Waals surface area contributed by atoms with Gasteiger partial charge < -0.3 is 0 Å². The van der Waals surface area contributed by atoms with Crippen molar-refractivity contribution in [1.82, 2.24) is 15.0 Å². The van der Waals surface area contributed by atoms with E-state index in [-0.39, 0.29) is 0 Å². The fraction of sp³-hybridized carbons (Fsp3) is 0. The zero-order valence-corrected chi connectivity index (χ0v) is 31.4. The van der Waals surface area contributed by atoms with Crippen LogP contribution in [0, 0.1) is 0 Å². The SMILES string of the molecule is c1ccc(-c2ccc3ccc4ccc(-c5ccc6c(ccc7ccc(-c8cccc(-c9nc%10ccccc%10c%10c9ccc9ccccc9%10)c8)cc76)c5)nc4c3n2)cc1. The summed E-state index contributed by atoms with van der Waals surface area (Å²) in [5.41, 5.74) is 11.3. The van der Waals surface area contributed by atoms with Crippen LogP contribution in [0.2, 0.25) is 0 Å². The minimum Gasteiger partial charge on any atom is -0.247 e. The third-order valence-corrected chi connectivity index (χ3v) is 11.8. The maximum Gasteiger partial charge on any atom is 0.0972 e. The first-order valence-electron chi connectivity index (χ1n) is 19.8. The second kappa shape index (κ2) is 12.9. The van der Waals surface area contributed by atoms with Crippen molar-refractivity contribution in [3.05, 3.63) is 200 Å². The van der Waals surface area contributed by atoms with Gasteiger partial charge in [-0.05, 0) is 79.8 Å². The summed E-state index contributed by atoms with van der Waals surface area (Å²) in [5.74, 6) is 0. The molecule has 3 nitrogen and oxygen atoms in total. The van der Waals surface area contributed by atoms with Gasteiger partial charge in [-0.2, -0.15) is 0 Å². The average molecular weight is 736 g/mol. The van der Waals surface area contributed by atoms with Crippen LogP contribution in [-0.4, -0.2) is 15.0 Å². The van der Waals surface area contributed by atoms with Crippen LogP contribution in [-0.2, 0) is 0 Å². The molecule has 0 radical (unpaired) electrons. The summed E-state index contributed by atoms with van der Waals surface area (Å²) < 4.78 is 0. The molecule has 0 unspecified atom stereocenters. The normalized spacial score (nSPS) is 11.8. The highest BCUT2D eigenvalue weighted by molar-refractivity contribution is 6.22. The number of benzene rings is 9. The molecule has 3 heterocycles. The van der Waals surface area contributed by atoms with Gasteiger partial charge in [-0.1, -0.05) is 164 Å². The molecule has 268 valence electrons. The standard InChI is InChI=1S/C55H33N3/c1-2-10-36(11-3-1)49-29-25-37-19-20-38-26-30-50(57-55(38)54(37)56-49)42-24-27-44-41(32-42)22-18-35-17-21-40(33-48(35)44)39-12-8-13-43(31-39)53-47-28-23-34-9-4-5-14-45(34)52(47)46-15-6-7-16-51(46)58-53/h1-33H. The fourth-order valence-electron chi connectivity index (χ4n) is 8.89. The largest absolute Gasteiger partial charge is 0.247 e. The quantitative estimate of drug-likeness (QED) is 0.169. The Labute approximate surface area is 334 Å². The van der Waals surface area contributed by atoms with E-state index in [1.165, 1.54) is 48.7 Å². The molecule has 0 N–H and O–H groups in total. The summed E-state index contributed by atoms with van der Waals surface area (Å²) >= 11 is 0. The highest BCUT2D eigenvalue weighted by Crippen LogP contribution is 2.39. The lowest BCUT2D eigenvalue weighted by Crippen LogP contribution is -1.91. The maximum absolute atomic E-state index is 5.28. The predicted molar refractivity (Wildman–Crippen MR) is 244 cm³/mol. The van der Waals surface area contributed by atoms with Crippen molar-refractivity contribution in [3.63, 3.8) is 0 Å². The van der Waals surface area contributed by atoms with E-state index < -0.39 is 0 Å². The number of nitrogens with zero attached hydrogens (tertiary/aromatic N) is 3. The van der Waals surface area contributed by atoms with Crippen LogP contribution in [0.25, 0.3) is 121 Å². The Balaban J connectivity index is 0.951. The van der Waals surface area contributed by atoms with Crippen molar-refractivity contribution in [1.29, 1.82) is 0 Å². The lowest BCUT2D eigenvalue weighted by molar-refractivity contribution is 1.37. The number of hydrogen-bond acceptors (Lipinski definition) is 3. The average Bonchev–Trinajstić information content (AvgIpc) is 3.30. The molecule has 0 atom stereocenters. The molecule has 12 rings (SSSR count). The molecule has 0 aliphatic carbocycles. The smallest absolute Gasteiger partial charge is 0.0972 e. The first-order valence-corrected chi connectivity index (χ1v) is 19.8. The number of rotatable bonds is 4. The van der Waals surface area contributed by atoms with Crippen LogP contribution in [0.15, 0.2) is 200 Å². The molecule has 58 heavy (non-hydrogen) atoms. The topological polar surface area (TPSA) is 38.7 Å². The van der Waals surface area contributed by atoms with Crippen LogP contribution in [0.4, 0.5) is 0 Å². The Morgan fingerprint density at radius 3 is 1.67 bits per heavy atom. The molecule has 12 aromatic rings. The van der Waals surface area contributed by atoms with Gasteiger partial charge in [-0.25, -0.2) is 15.0 Å². The van der Waals surface area contributed by atoms with Crippen LogP contribution in [0.3, 0.4) is 0 Å². The molecule has 0 saturated carbocycles. The molecule has 0 amide bonds. The number of pyridine rings is 3. The third-order valence-electron chi connectivity index (χ3n) is 11.8. The highest BCUT2D eigenvalue weighted by atomic mass is 14.8. The molecule has 3 aromatic heterocycles. The van der Waals surface area contributed by atoms with E-state index in [9.17, 15) is 0 Å². The van der Waals surface area contributed by atoms with E-state index in [1.807, 2.05) is 6.07 Å². The van der Waals surface area contributed by atoms with Crippen molar-refractivity contribution < 1.29 is 0 Å². The minimum atomic E-state index is 0.915. The van der Waals surface area contributed by atoms with Crippen molar-refractivity contribution in [2.24, 2.45) is 0 Å². The molecule has 3 heteroatoms. The van der Waals surface area contributed by atoms with Crippen LogP contribution >= 0.6 is 0 Å². The summed E-state index contributed by atoms with van der Waals surface area (Å²) in [5, 5.41) is 13.1. The number of para-hydroxylation sites is 1. The molecule has 0 bridgehead atoms. The maximum atomic E-state index is 5.28. The van der Waals surface area contributed by atoms with Crippen LogP contribution in [0.5, 0.6) is 0 Å². The fourth-order valence-corrected chi connectivity index (χ4v) is 8.89. The monoisotopic (exact) mass is 735 g/mol. The second-order valence-corrected chi connectivity index (χ2v) is 15.2. The lowest BCUT2D eigenvalue weighted by atomic mass is 9.93. The van der Waals surface area contributed by atoms with Gasteiger partial charge in [0, 0.05) is 43.6 Å². The molecule has 0 aliphatic heterocycles. The Kier molecular flexibility index (Phi) is 7.23. The van der Waals surface area contributed by atoms with Gasteiger partial charge >= 0.3 is 0 Å². The number of fused-ring (bicyclic) bond motifs is 11. The number of hydrogen-bond donors (Lipinski definition) is 0. The van der Waals surface area contributed by atoms with Gasteiger partial charge in [-0.3, -0.25) is 0 Å². The molecule has 0 spiro atoms. The van der Waals surface area contributed by atoms with Gasteiger partial charge in [0.2, 0.25) is 0 Å². The minimum absolute atomic E-state index is 0.915. The Bertz CT molecular complexity index is 3610. The molecular weight excluding hydrogens is 703 g/mol. The Morgan fingerprint density at radius 2 is 0.828 bits per heavy atom. The molecular formula is C55H33N3. The molecule has 0 aliphatic rings. The Morgan fingerprint density at radius 1 is 0.259 bits per heavy atom. The van der Waals surface area contributed by atoms with Crippen molar-refractivity contribution in [2.75, 3.05) is 0 Å². The molecule has 9 aromatic carbocycles. The van der Waals surface area contributed by atoms with Crippen LogP contribution in [0.1, 0.15) is 0 Å². The third kappa shape index (κ3) is 5.25. The van der Waals surface area contributed by atoms with E-state index in [0.717, 1.165) is 72.0 Å². The van der Waals surface area contributed by atoms with E-state index in [2.05, 4.69) is 194 Å². The van der Waals surface area contributed by atoms with E-state index in [1.54, 1.807) is 0 Å². The van der Waals surface area contributed by atoms with Gasteiger partial charge in [0.15, 0.2) is 0 Å². The zero-order chi connectivity index (χ0) is 38.2. The summed E-state index contributed by atoms with van der Waals surface area (Å²) in [4.78, 5) is 15.6. The van der Waals surface area contributed by atoms with Gasteiger partial charge in [0.25, 0.3) is 0 Å². The van der Waals surface area contributed by atoms with E-state index in [0.29, 0.717) is 0 Å². The van der Waals surface area contributed by atoms with Gasteiger partial charge in [0.05, 0.1) is 33.6 Å². The van der Waals surface area contributed by atoms with Gasteiger partial charge in [-0.15, -0.1) is 0 Å². The van der Waals surface area contributed by atoms with Crippen LogP contribution < -0.4 is 0 Å². The van der Waals surface area contributed by atoms with E-state index >= 15 is 0 Å². The number of aromatic nitrogens is 3. The van der Waals surface area contributed by atoms with Crippen molar-refractivity contribution in [2.45, 2.75) is 0 Å². The molecule has 0 saturated heterocycles.